The van der Waals surface area contributed by atoms with Crippen molar-refractivity contribution in [3.63, 3.8) is 0 Å². The minimum absolute atomic E-state index is 0. The van der Waals surface area contributed by atoms with Crippen LogP contribution >= 0.6 is 24.8 Å². The van der Waals surface area contributed by atoms with E-state index in [1.807, 2.05) is 37.3 Å². The van der Waals surface area contributed by atoms with Gasteiger partial charge in [0.25, 0.3) is 5.91 Å². The fourth-order valence-electron chi connectivity index (χ4n) is 2.63. The van der Waals surface area contributed by atoms with Crippen LogP contribution in [0.5, 0.6) is 0 Å². The first-order valence-corrected chi connectivity index (χ1v) is 8.47. The van der Waals surface area contributed by atoms with Gasteiger partial charge in [-0.05, 0) is 44.2 Å². The number of halogens is 2. The van der Waals surface area contributed by atoms with Gasteiger partial charge in [-0.2, -0.15) is 0 Å². The number of pyridine rings is 1. The number of aromatic nitrogens is 4. The molecule has 0 bridgehead atoms. The lowest BCUT2D eigenvalue weighted by Crippen LogP contribution is -2.32. The maximum atomic E-state index is 12.3. The van der Waals surface area contributed by atoms with Crippen LogP contribution in [0, 0.1) is 6.92 Å². The van der Waals surface area contributed by atoms with Crippen LogP contribution in [-0.4, -0.2) is 45.5 Å². The number of rotatable bonds is 7. The van der Waals surface area contributed by atoms with Crippen molar-refractivity contribution in [2.75, 3.05) is 19.6 Å². The van der Waals surface area contributed by atoms with Crippen LogP contribution in [0.2, 0.25) is 0 Å². The number of hydrogen-bond donors (Lipinski definition) is 2. The van der Waals surface area contributed by atoms with Gasteiger partial charge in [-0.1, -0.05) is 18.2 Å². The normalized spacial score (nSPS) is 10.1. The quantitative estimate of drug-likeness (QED) is 0.584. The summed E-state index contributed by atoms with van der Waals surface area (Å²) in [6.45, 7) is 6.20. The van der Waals surface area contributed by atoms with Gasteiger partial charge in [0.2, 0.25) is 0 Å². The van der Waals surface area contributed by atoms with E-state index >= 15 is 0 Å². The number of fused-ring (bicyclic) bond motifs is 1. The molecule has 0 aliphatic rings. The summed E-state index contributed by atoms with van der Waals surface area (Å²) in [5, 5.41) is 15.3. The molecule has 3 aromatic rings. The average Bonchev–Trinajstić information content (AvgIpc) is 3.02. The number of benzene rings is 1. The van der Waals surface area contributed by atoms with Crippen molar-refractivity contribution in [2.45, 2.75) is 20.3 Å². The molecule has 2 N–H and O–H groups in total. The summed E-state index contributed by atoms with van der Waals surface area (Å²) in [7, 11) is 0. The second kappa shape index (κ2) is 10.8. The molecular formula is C18H24Cl2N6O. The summed E-state index contributed by atoms with van der Waals surface area (Å²) >= 11 is 0. The Bertz CT molecular complexity index is 883. The highest BCUT2D eigenvalue weighted by molar-refractivity contribution is 5.93. The number of carbonyl (C=O) groups is 1. The van der Waals surface area contributed by atoms with E-state index < -0.39 is 0 Å². The highest BCUT2D eigenvalue weighted by atomic mass is 35.5. The van der Waals surface area contributed by atoms with Gasteiger partial charge in [0.1, 0.15) is 0 Å². The summed E-state index contributed by atoms with van der Waals surface area (Å²) in [5.41, 5.74) is 2.83. The zero-order valence-corrected chi connectivity index (χ0v) is 16.9. The molecule has 2 heterocycles. The first-order chi connectivity index (χ1) is 12.2. The smallest absolute Gasteiger partial charge is 0.273 e. The summed E-state index contributed by atoms with van der Waals surface area (Å²) in [6.07, 6.45) is 2.84. The van der Waals surface area contributed by atoms with E-state index in [2.05, 4.69) is 32.9 Å². The van der Waals surface area contributed by atoms with Gasteiger partial charge in [0.15, 0.2) is 5.69 Å². The van der Waals surface area contributed by atoms with Gasteiger partial charge in [0, 0.05) is 24.7 Å². The van der Waals surface area contributed by atoms with Crippen molar-refractivity contribution >= 4 is 41.6 Å². The third-order valence-corrected chi connectivity index (χ3v) is 3.95. The second-order valence-electron chi connectivity index (χ2n) is 5.82. The first kappa shape index (κ1) is 22.8. The van der Waals surface area contributed by atoms with Crippen molar-refractivity contribution < 1.29 is 4.79 Å². The number of nitrogens with zero attached hydrogens (tertiary/aromatic N) is 4. The Morgan fingerprint density at radius 3 is 2.74 bits per heavy atom. The van der Waals surface area contributed by atoms with Crippen LogP contribution in [0.4, 0.5) is 0 Å². The van der Waals surface area contributed by atoms with E-state index in [0.717, 1.165) is 36.1 Å². The minimum Gasteiger partial charge on any atom is -0.349 e. The fraction of sp³-hybridized carbons (Fsp3) is 0.333. The van der Waals surface area contributed by atoms with Crippen molar-refractivity contribution in [3.8, 4) is 5.69 Å². The molecule has 0 aliphatic heterocycles. The van der Waals surface area contributed by atoms with Crippen molar-refractivity contribution in [1.29, 1.82) is 0 Å². The van der Waals surface area contributed by atoms with Gasteiger partial charge in [-0.3, -0.25) is 9.78 Å². The lowest BCUT2D eigenvalue weighted by Gasteiger charge is -2.06. The third kappa shape index (κ3) is 5.38. The summed E-state index contributed by atoms with van der Waals surface area (Å²) in [6, 6.07) is 9.74. The molecule has 0 aliphatic carbocycles. The number of hydrogen-bond acceptors (Lipinski definition) is 5. The van der Waals surface area contributed by atoms with Crippen LogP contribution in [0.1, 0.15) is 29.5 Å². The Labute approximate surface area is 170 Å². The van der Waals surface area contributed by atoms with E-state index in [0.29, 0.717) is 17.9 Å². The Morgan fingerprint density at radius 2 is 1.96 bits per heavy atom. The maximum Gasteiger partial charge on any atom is 0.273 e. The van der Waals surface area contributed by atoms with Crippen LogP contribution in [0.15, 0.2) is 36.5 Å². The molecule has 27 heavy (non-hydrogen) atoms. The molecule has 146 valence electrons. The van der Waals surface area contributed by atoms with Gasteiger partial charge >= 0.3 is 0 Å². The van der Waals surface area contributed by atoms with Gasteiger partial charge in [-0.15, -0.1) is 29.9 Å². The molecule has 1 amide bonds. The van der Waals surface area contributed by atoms with Crippen LogP contribution < -0.4 is 10.6 Å². The number of carbonyl (C=O) groups excluding carboxylic acids is 1. The molecule has 7 nitrogen and oxygen atoms in total. The molecule has 2 aromatic heterocycles. The molecule has 0 fully saturated rings. The monoisotopic (exact) mass is 410 g/mol. The average molecular weight is 411 g/mol. The van der Waals surface area contributed by atoms with E-state index in [1.165, 1.54) is 0 Å². The van der Waals surface area contributed by atoms with Crippen LogP contribution in [-0.2, 0) is 0 Å². The Balaban J connectivity index is 0.00000182. The topological polar surface area (TPSA) is 84.7 Å². The molecule has 0 saturated heterocycles. The molecule has 0 atom stereocenters. The number of nitrogens with one attached hydrogen (secondary N) is 2. The SMILES string of the molecule is CCCNCCNC(=O)c1nnn(-c2ccc3ncccc3c2)c1C.Cl.Cl. The molecule has 9 heteroatoms. The van der Waals surface area contributed by atoms with Crippen LogP contribution in [0.3, 0.4) is 0 Å². The minimum atomic E-state index is -0.204. The Hall–Kier alpha value is -2.22. The first-order valence-electron chi connectivity index (χ1n) is 8.47. The highest BCUT2D eigenvalue weighted by Crippen LogP contribution is 2.18. The third-order valence-electron chi connectivity index (χ3n) is 3.95. The second-order valence-corrected chi connectivity index (χ2v) is 5.82. The molecule has 0 spiro atoms. The van der Waals surface area contributed by atoms with Gasteiger partial charge in [0.05, 0.1) is 16.9 Å². The molecule has 0 saturated carbocycles. The zero-order valence-electron chi connectivity index (χ0n) is 15.3. The zero-order chi connectivity index (χ0) is 17.6. The highest BCUT2D eigenvalue weighted by Gasteiger charge is 2.17. The van der Waals surface area contributed by atoms with Crippen LogP contribution in [0.25, 0.3) is 16.6 Å². The Kier molecular flexibility index (Phi) is 9.14. The largest absolute Gasteiger partial charge is 0.349 e. The summed E-state index contributed by atoms with van der Waals surface area (Å²) in [4.78, 5) is 16.6. The van der Waals surface area contributed by atoms with E-state index in [9.17, 15) is 4.79 Å². The van der Waals surface area contributed by atoms with Crippen molar-refractivity contribution in [2.24, 2.45) is 0 Å². The molecule has 0 unspecified atom stereocenters. The summed E-state index contributed by atoms with van der Waals surface area (Å²) < 4.78 is 1.68. The standard InChI is InChI=1S/C18H22N6O.2ClH/c1-3-8-19-10-11-21-18(25)17-13(2)24(23-22-17)15-6-7-16-14(12-15)5-4-9-20-16;;/h4-7,9,12,19H,3,8,10-11H2,1-2H3,(H,21,25);2*1H. The predicted octanol–water partition coefficient (Wildman–Crippen LogP) is 2.70. The summed E-state index contributed by atoms with van der Waals surface area (Å²) in [5.74, 6) is -0.204. The van der Waals surface area contributed by atoms with E-state index in [1.54, 1.807) is 10.9 Å². The van der Waals surface area contributed by atoms with Crippen molar-refractivity contribution in [1.82, 2.24) is 30.6 Å². The maximum absolute atomic E-state index is 12.3. The fourth-order valence-corrected chi connectivity index (χ4v) is 2.63. The molecule has 0 radical (unpaired) electrons. The Morgan fingerprint density at radius 1 is 1.15 bits per heavy atom. The van der Waals surface area contributed by atoms with Crippen molar-refractivity contribution in [3.05, 3.63) is 47.9 Å². The lowest BCUT2D eigenvalue weighted by molar-refractivity contribution is 0.0948. The molecular weight excluding hydrogens is 387 g/mol. The van der Waals surface area contributed by atoms with E-state index in [4.69, 9.17) is 0 Å². The van der Waals surface area contributed by atoms with E-state index in [-0.39, 0.29) is 30.7 Å². The predicted molar refractivity (Wildman–Crippen MR) is 111 cm³/mol. The molecule has 3 rings (SSSR count). The lowest BCUT2D eigenvalue weighted by atomic mass is 10.2. The molecule has 1 aromatic carbocycles. The van der Waals surface area contributed by atoms with Gasteiger partial charge < -0.3 is 10.6 Å². The van der Waals surface area contributed by atoms with Gasteiger partial charge in [-0.25, -0.2) is 4.68 Å². The number of amides is 1.